The molecule has 3 aromatic rings. The fourth-order valence-corrected chi connectivity index (χ4v) is 5.17. The van der Waals surface area contributed by atoms with Gasteiger partial charge in [-0.05, 0) is 53.4 Å². The SMILES string of the molecule is COc1ccc(/C(=C\Sc2ccccc2)S(=O)(=O)c2ccccc2)cc1OC. The molecule has 6 heteroatoms. The minimum Gasteiger partial charge on any atom is -0.493 e. The average molecular weight is 413 g/mol. The standard InChI is InChI=1S/C22H20O4S2/c1-25-20-14-13-17(15-21(20)26-2)22(16-27-18-9-5-3-6-10-18)28(23,24)19-11-7-4-8-12-19/h3-16H,1-2H3/b22-16+. The highest BCUT2D eigenvalue weighted by Crippen LogP contribution is 2.36. The van der Waals surface area contributed by atoms with Crippen LogP contribution in [-0.4, -0.2) is 22.6 Å². The summed E-state index contributed by atoms with van der Waals surface area (Å²) in [5.41, 5.74) is 0.532. The largest absolute Gasteiger partial charge is 0.493 e. The number of thioether (sulfide) groups is 1. The lowest BCUT2D eigenvalue weighted by Crippen LogP contribution is -2.04. The molecule has 0 aliphatic rings. The van der Waals surface area contributed by atoms with E-state index in [4.69, 9.17) is 9.47 Å². The Hall–Kier alpha value is -2.70. The van der Waals surface area contributed by atoms with Crippen LogP contribution in [0.15, 0.2) is 94.1 Å². The number of methoxy groups -OCH3 is 2. The summed E-state index contributed by atoms with van der Waals surface area (Å²) in [4.78, 5) is 1.39. The van der Waals surface area contributed by atoms with E-state index in [1.54, 1.807) is 61.0 Å². The van der Waals surface area contributed by atoms with E-state index >= 15 is 0 Å². The fraction of sp³-hybridized carbons (Fsp3) is 0.0909. The van der Waals surface area contributed by atoms with Crippen LogP contribution >= 0.6 is 11.8 Å². The number of ether oxygens (including phenoxy) is 2. The Morgan fingerprint density at radius 3 is 2.04 bits per heavy atom. The van der Waals surface area contributed by atoms with Crippen LogP contribution in [0.1, 0.15) is 5.56 Å². The number of sulfone groups is 1. The summed E-state index contributed by atoms with van der Waals surface area (Å²) >= 11 is 1.36. The van der Waals surface area contributed by atoms with E-state index in [2.05, 4.69) is 0 Å². The summed E-state index contributed by atoms with van der Waals surface area (Å²) in [5.74, 6) is 1.01. The predicted octanol–water partition coefficient (Wildman–Crippen LogP) is 5.27. The molecular weight excluding hydrogens is 392 g/mol. The Morgan fingerprint density at radius 1 is 0.821 bits per heavy atom. The Balaban J connectivity index is 2.12. The molecule has 0 radical (unpaired) electrons. The number of benzene rings is 3. The molecule has 0 saturated carbocycles. The second kappa shape index (κ2) is 8.99. The second-order valence-corrected chi connectivity index (χ2v) is 8.66. The molecule has 3 aromatic carbocycles. The van der Waals surface area contributed by atoms with Crippen molar-refractivity contribution < 1.29 is 17.9 Å². The second-order valence-electron chi connectivity index (χ2n) is 5.80. The van der Waals surface area contributed by atoms with Gasteiger partial charge < -0.3 is 9.47 Å². The third kappa shape index (κ3) is 4.40. The summed E-state index contributed by atoms with van der Waals surface area (Å²) in [5, 5.41) is 1.67. The molecule has 0 bridgehead atoms. The highest BCUT2D eigenvalue weighted by atomic mass is 32.2. The first-order valence-electron chi connectivity index (χ1n) is 8.50. The molecule has 0 spiro atoms. The first-order chi connectivity index (χ1) is 13.6. The van der Waals surface area contributed by atoms with Crippen LogP contribution in [-0.2, 0) is 9.84 Å². The molecule has 0 aromatic heterocycles. The van der Waals surface area contributed by atoms with Gasteiger partial charge in [-0.15, -0.1) is 0 Å². The zero-order valence-electron chi connectivity index (χ0n) is 15.5. The van der Waals surface area contributed by atoms with Crippen LogP contribution in [0.4, 0.5) is 0 Å². The van der Waals surface area contributed by atoms with Crippen LogP contribution in [0.3, 0.4) is 0 Å². The molecule has 0 heterocycles. The lowest BCUT2D eigenvalue weighted by molar-refractivity contribution is 0.355. The Bertz CT molecular complexity index is 1060. The van der Waals surface area contributed by atoms with Gasteiger partial charge in [-0.25, -0.2) is 8.42 Å². The zero-order valence-corrected chi connectivity index (χ0v) is 17.2. The van der Waals surface area contributed by atoms with Crippen LogP contribution in [0, 0.1) is 0 Å². The zero-order chi connectivity index (χ0) is 20.0. The number of rotatable bonds is 7. The van der Waals surface area contributed by atoms with E-state index in [9.17, 15) is 8.42 Å². The molecule has 0 unspecified atom stereocenters. The maximum Gasteiger partial charge on any atom is 0.207 e. The highest BCUT2D eigenvalue weighted by Gasteiger charge is 2.23. The summed E-state index contributed by atoms with van der Waals surface area (Å²) in [6.07, 6.45) is 0. The number of hydrogen-bond donors (Lipinski definition) is 0. The fourth-order valence-electron chi connectivity index (χ4n) is 2.62. The van der Waals surface area contributed by atoms with Crippen molar-refractivity contribution in [2.45, 2.75) is 9.79 Å². The summed E-state index contributed by atoms with van der Waals surface area (Å²) < 4.78 is 37.3. The Kier molecular flexibility index (Phi) is 6.44. The molecule has 0 saturated heterocycles. The van der Waals surface area contributed by atoms with Crippen molar-refractivity contribution in [1.29, 1.82) is 0 Å². The van der Waals surface area contributed by atoms with Gasteiger partial charge in [-0.3, -0.25) is 0 Å². The molecule has 144 valence electrons. The quantitative estimate of drug-likeness (QED) is 0.495. The van der Waals surface area contributed by atoms with Crippen molar-refractivity contribution in [2.75, 3.05) is 14.2 Å². The van der Waals surface area contributed by atoms with Gasteiger partial charge in [0.2, 0.25) is 9.84 Å². The van der Waals surface area contributed by atoms with Crippen LogP contribution < -0.4 is 9.47 Å². The van der Waals surface area contributed by atoms with Crippen LogP contribution in [0.5, 0.6) is 11.5 Å². The van der Waals surface area contributed by atoms with Gasteiger partial charge in [0.25, 0.3) is 0 Å². The van der Waals surface area contributed by atoms with Crippen molar-refractivity contribution in [3.05, 3.63) is 89.8 Å². The van der Waals surface area contributed by atoms with Gasteiger partial charge in [0.1, 0.15) is 0 Å². The van der Waals surface area contributed by atoms with E-state index in [0.29, 0.717) is 17.1 Å². The molecule has 3 rings (SSSR count). The first-order valence-corrected chi connectivity index (χ1v) is 10.9. The monoisotopic (exact) mass is 412 g/mol. The first kappa shape index (κ1) is 20.0. The van der Waals surface area contributed by atoms with Crippen molar-refractivity contribution in [3.8, 4) is 11.5 Å². The normalized spacial score (nSPS) is 11.9. The third-order valence-electron chi connectivity index (χ3n) is 4.06. The highest BCUT2D eigenvalue weighted by molar-refractivity contribution is 8.05. The average Bonchev–Trinajstić information content (AvgIpc) is 2.75. The molecule has 0 aliphatic carbocycles. The summed E-state index contributed by atoms with van der Waals surface area (Å²) in [6.45, 7) is 0. The van der Waals surface area contributed by atoms with Gasteiger partial charge in [0.05, 0.1) is 24.0 Å². The van der Waals surface area contributed by atoms with Gasteiger partial charge in [-0.1, -0.05) is 48.2 Å². The molecule has 4 nitrogen and oxygen atoms in total. The smallest absolute Gasteiger partial charge is 0.207 e. The molecule has 0 aliphatic heterocycles. The summed E-state index contributed by atoms with van der Waals surface area (Å²) in [7, 11) is -0.660. The van der Waals surface area contributed by atoms with Crippen LogP contribution in [0.2, 0.25) is 0 Å². The Labute approximate surface area is 169 Å². The molecule has 0 fully saturated rings. The molecule has 0 amide bonds. The van der Waals surface area contributed by atoms with Gasteiger partial charge in [-0.2, -0.15) is 0 Å². The lowest BCUT2D eigenvalue weighted by Gasteiger charge is -2.13. The van der Waals surface area contributed by atoms with Gasteiger partial charge in [0, 0.05) is 4.90 Å². The maximum atomic E-state index is 13.4. The Morgan fingerprint density at radius 2 is 1.43 bits per heavy atom. The van der Waals surface area contributed by atoms with Crippen LogP contribution in [0.25, 0.3) is 4.91 Å². The molecular formula is C22H20O4S2. The summed E-state index contributed by atoms with van der Waals surface area (Å²) in [6, 6.07) is 23.1. The van der Waals surface area contributed by atoms with Crippen molar-refractivity contribution in [1.82, 2.24) is 0 Å². The van der Waals surface area contributed by atoms with Crippen molar-refractivity contribution in [2.24, 2.45) is 0 Å². The maximum absolute atomic E-state index is 13.4. The lowest BCUT2D eigenvalue weighted by atomic mass is 10.2. The van der Waals surface area contributed by atoms with Gasteiger partial charge in [0.15, 0.2) is 11.5 Å². The van der Waals surface area contributed by atoms with E-state index in [1.807, 2.05) is 30.3 Å². The van der Waals surface area contributed by atoms with Crippen molar-refractivity contribution >= 4 is 26.5 Å². The minimum atomic E-state index is -3.72. The van der Waals surface area contributed by atoms with E-state index in [0.717, 1.165) is 4.90 Å². The van der Waals surface area contributed by atoms with Gasteiger partial charge >= 0.3 is 0 Å². The van der Waals surface area contributed by atoms with E-state index in [-0.39, 0.29) is 9.80 Å². The number of hydrogen-bond acceptors (Lipinski definition) is 5. The third-order valence-corrected chi connectivity index (χ3v) is 6.93. The predicted molar refractivity (Wildman–Crippen MR) is 113 cm³/mol. The molecule has 0 N–H and O–H groups in total. The minimum absolute atomic E-state index is 0.202. The van der Waals surface area contributed by atoms with E-state index < -0.39 is 9.84 Å². The molecule has 0 atom stereocenters. The molecule has 28 heavy (non-hydrogen) atoms. The van der Waals surface area contributed by atoms with E-state index in [1.165, 1.54) is 18.9 Å². The van der Waals surface area contributed by atoms with Crippen molar-refractivity contribution in [3.63, 3.8) is 0 Å². The topological polar surface area (TPSA) is 52.6 Å².